The van der Waals surface area contributed by atoms with Crippen LogP contribution in [0.4, 0.5) is 13.2 Å². The van der Waals surface area contributed by atoms with Crippen LogP contribution in [0.5, 0.6) is 0 Å². The molecule has 1 rings (SSSR count). The Bertz CT molecular complexity index is 299. The highest BCUT2D eigenvalue weighted by atomic mass is 19.4. The molecule has 0 radical (unpaired) electrons. The third-order valence-electron chi connectivity index (χ3n) is 1.94. The van der Waals surface area contributed by atoms with Gasteiger partial charge in [-0.2, -0.15) is 18.3 Å². The van der Waals surface area contributed by atoms with Gasteiger partial charge in [0.15, 0.2) is 6.10 Å². The third kappa shape index (κ3) is 2.47. The first kappa shape index (κ1) is 11.0. The molecular weight excluding hydrogens is 197 g/mol. The molecule has 0 aliphatic carbocycles. The quantitative estimate of drug-likeness (QED) is 0.792. The summed E-state index contributed by atoms with van der Waals surface area (Å²) < 4.78 is 37.3. The number of nitrogens with zero attached hydrogens (tertiary/aromatic N) is 2. The number of aliphatic hydroxyl groups excluding tert-OH is 1. The second-order valence-corrected chi connectivity index (χ2v) is 3.16. The van der Waals surface area contributed by atoms with E-state index in [9.17, 15) is 13.2 Å². The van der Waals surface area contributed by atoms with Gasteiger partial charge in [-0.25, -0.2) is 0 Å². The number of hydrogen-bond acceptors (Lipinski definition) is 2. The molecule has 3 nitrogen and oxygen atoms in total. The van der Waals surface area contributed by atoms with Crippen molar-refractivity contribution in [3.05, 3.63) is 17.5 Å². The first-order chi connectivity index (χ1) is 6.30. The Kier molecular flexibility index (Phi) is 2.84. The van der Waals surface area contributed by atoms with E-state index in [4.69, 9.17) is 5.11 Å². The van der Waals surface area contributed by atoms with Crippen LogP contribution in [-0.4, -0.2) is 27.2 Å². The summed E-state index contributed by atoms with van der Waals surface area (Å²) in [7, 11) is 1.64. The van der Waals surface area contributed by atoms with Crippen LogP contribution in [0.3, 0.4) is 0 Å². The molecule has 0 amide bonds. The van der Waals surface area contributed by atoms with E-state index in [-0.39, 0.29) is 5.69 Å². The van der Waals surface area contributed by atoms with Crippen molar-refractivity contribution in [1.29, 1.82) is 0 Å². The summed E-state index contributed by atoms with van der Waals surface area (Å²) in [5.74, 6) is 0. The maximum Gasteiger partial charge on any atom is 0.414 e. The van der Waals surface area contributed by atoms with Crippen molar-refractivity contribution in [3.63, 3.8) is 0 Å². The number of rotatable bonds is 2. The van der Waals surface area contributed by atoms with Gasteiger partial charge in [0.05, 0.1) is 5.69 Å². The molecule has 0 saturated carbocycles. The Labute approximate surface area is 79.2 Å². The third-order valence-corrected chi connectivity index (χ3v) is 1.94. The summed E-state index contributed by atoms with van der Waals surface area (Å²) in [5, 5.41) is 12.6. The van der Waals surface area contributed by atoms with Crippen LogP contribution in [0.2, 0.25) is 0 Å². The van der Waals surface area contributed by atoms with Gasteiger partial charge in [-0.3, -0.25) is 4.68 Å². The van der Waals surface area contributed by atoms with Crippen LogP contribution >= 0.6 is 0 Å². The zero-order valence-electron chi connectivity index (χ0n) is 7.84. The maximum atomic E-state index is 12.0. The molecule has 0 bridgehead atoms. The van der Waals surface area contributed by atoms with Gasteiger partial charge >= 0.3 is 6.18 Å². The fraction of sp³-hybridized carbons (Fsp3) is 0.625. The van der Waals surface area contributed by atoms with Crippen molar-refractivity contribution in [2.45, 2.75) is 25.6 Å². The molecule has 80 valence electrons. The van der Waals surface area contributed by atoms with Crippen molar-refractivity contribution in [2.75, 3.05) is 0 Å². The second kappa shape index (κ2) is 3.61. The molecule has 0 aromatic carbocycles. The van der Waals surface area contributed by atoms with E-state index >= 15 is 0 Å². The van der Waals surface area contributed by atoms with Gasteiger partial charge in [-0.05, 0) is 13.0 Å². The topological polar surface area (TPSA) is 38.1 Å². The number of aromatic nitrogens is 2. The molecule has 14 heavy (non-hydrogen) atoms. The Morgan fingerprint density at radius 2 is 2.14 bits per heavy atom. The second-order valence-electron chi connectivity index (χ2n) is 3.16. The lowest BCUT2D eigenvalue weighted by Crippen LogP contribution is -2.30. The van der Waals surface area contributed by atoms with E-state index < -0.39 is 18.7 Å². The van der Waals surface area contributed by atoms with E-state index in [0.717, 1.165) is 5.69 Å². The fourth-order valence-electron chi connectivity index (χ4n) is 1.05. The summed E-state index contributed by atoms with van der Waals surface area (Å²) in [6, 6.07) is 1.52. The molecule has 1 atom stereocenters. The first-order valence-electron chi connectivity index (χ1n) is 4.05. The SMILES string of the molecule is Cc1cc(CC(O)C(F)(F)F)nn1C. The molecule has 0 aliphatic rings. The van der Waals surface area contributed by atoms with E-state index in [1.807, 2.05) is 0 Å². The molecule has 1 heterocycles. The summed E-state index contributed by atoms with van der Waals surface area (Å²) in [6.45, 7) is 1.73. The Balaban J connectivity index is 2.70. The van der Waals surface area contributed by atoms with Crippen LogP contribution in [0, 0.1) is 6.92 Å². The normalized spacial score (nSPS) is 14.4. The van der Waals surface area contributed by atoms with Gasteiger partial charge < -0.3 is 5.11 Å². The number of alkyl halides is 3. The number of aliphatic hydroxyl groups is 1. The van der Waals surface area contributed by atoms with Gasteiger partial charge in [0.25, 0.3) is 0 Å². The molecular formula is C8H11F3N2O. The summed E-state index contributed by atoms with van der Waals surface area (Å²) in [6.07, 6.45) is -7.41. The number of aryl methyl sites for hydroxylation is 2. The van der Waals surface area contributed by atoms with Gasteiger partial charge in [0.2, 0.25) is 0 Å². The Hall–Kier alpha value is -1.04. The van der Waals surface area contributed by atoms with Crippen LogP contribution < -0.4 is 0 Å². The monoisotopic (exact) mass is 208 g/mol. The molecule has 0 spiro atoms. The average Bonchev–Trinajstić information content (AvgIpc) is 2.29. The fourth-order valence-corrected chi connectivity index (χ4v) is 1.05. The van der Waals surface area contributed by atoms with E-state index in [1.54, 1.807) is 14.0 Å². The Morgan fingerprint density at radius 3 is 2.50 bits per heavy atom. The molecule has 1 N–H and O–H groups in total. The molecule has 1 aromatic heterocycles. The van der Waals surface area contributed by atoms with Crippen molar-refractivity contribution < 1.29 is 18.3 Å². The van der Waals surface area contributed by atoms with E-state index in [2.05, 4.69) is 5.10 Å². The largest absolute Gasteiger partial charge is 0.414 e. The molecule has 1 unspecified atom stereocenters. The molecule has 1 aromatic rings. The van der Waals surface area contributed by atoms with Gasteiger partial charge in [0.1, 0.15) is 0 Å². The van der Waals surface area contributed by atoms with E-state index in [1.165, 1.54) is 10.7 Å². The molecule has 0 fully saturated rings. The molecule has 0 aliphatic heterocycles. The van der Waals surface area contributed by atoms with Crippen molar-refractivity contribution >= 4 is 0 Å². The van der Waals surface area contributed by atoms with Crippen molar-refractivity contribution in [3.8, 4) is 0 Å². The summed E-state index contributed by atoms with van der Waals surface area (Å²) in [4.78, 5) is 0. The van der Waals surface area contributed by atoms with Crippen molar-refractivity contribution in [2.24, 2.45) is 7.05 Å². The average molecular weight is 208 g/mol. The lowest BCUT2D eigenvalue weighted by atomic mass is 10.2. The van der Waals surface area contributed by atoms with Gasteiger partial charge in [-0.15, -0.1) is 0 Å². The van der Waals surface area contributed by atoms with E-state index in [0.29, 0.717) is 0 Å². The predicted molar refractivity (Wildman–Crippen MR) is 43.7 cm³/mol. The zero-order valence-corrected chi connectivity index (χ0v) is 7.84. The summed E-state index contributed by atoms with van der Waals surface area (Å²) >= 11 is 0. The molecule has 0 saturated heterocycles. The maximum absolute atomic E-state index is 12.0. The Morgan fingerprint density at radius 1 is 1.57 bits per heavy atom. The van der Waals surface area contributed by atoms with Gasteiger partial charge in [-0.1, -0.05) is 0 Å². The minimum atomic E-state index is -4.58. The minimum absolute atomic E-state index is 0.245. The van der Waals surface area contributed by atoms with Crippen LogP contribution in [0.25, 0.3) is 0 Å². The highest BCUT2D eigenvalue weighted by molar-refractivity contribution is 5.09. The predicted octanol–water partition coefficient (Wildman–Crippen LogP) is 1.19. The van der Waals surface area contributed by atoms with Crippen LogP contribution in [0.1, 0.15) is 11.4 Å². The van der Waals surface area contributed by atoms with Gasteiger partial charge in [0, 0.05) is 19.2 Å². The minimum Gasteiger partial charge on any atom is -0.383 e. The van der Waals surface area contributed by atoms with Crippen molar-refractivity contribution in [1.82, 2.24) is 9.78 Å². The number of hydrogen-bond donors (Lipinski definition) is 1. The van der Waals surface area contributed by atoms with Crippen LogP contribution in [-0.2, 0) is 13.5 Å². The smallest absolute Gasteiger partial charge is 0.383 e. The van der Waals surface area contributed by atoms with Crippen LogP contribution in [0.15, 0.2) is 6.07 Å². The standard InChI is InChI=1S/C8H11F3N2O/c1-5-3-6(12-13(5)2)4-7(14)8(9,10)11/h3,7,14H,4H2,1-2H3. The number of halogens is 3. The zero-order chi connectivity index (χ0) is 10.9. The lowest BCUT2D eigenvalue weighted by Gasteiger charge is -2.12. The highest BCUT2D eigenvalue weighted by Gasteiger charge is 2.38. The molecule has 6 heteroatoms. The summed E-state index contributed by atoms with van der Waals surface area (Å²) in [5.41, 5.74) is 1.00. The first-order valence-corrected chi connectivity index (χ1v) is 4.05. The lowest BCUT2D eigenvalue weighted by molar-refractivity contribution is -0.203. The highest BCUT2D eigenvalue weighted by Crippen LogP contribution is 2.22.